The minimum absolute atomic E-state index is 0.247. The Bertz CT molecular complexity index is 458. The highest BCUT2D eigenvalue weighted by molar-refractivity contribution is 7.80. The van der Waals surface area contributed by atoms with E-state index < -0.39 is 11.4 Å². The molecule has 0 aromatic heterocycles. The van der Waals surface area contributed by atoms with Gasteiger partial charge in [-0.05, 0) is 31.0 Å². The maximum absolute atomic E-state index is 13.1. The molecule has 1 amide bonds. The van der Waals surface area contributed by atoms with Crippen LogP contribution in [0.25, 0.3) is 0 Å². The van der Waals surface area contributed by atoms with E-state index in [-0.39, 0.29) is 16.5 Å². The van der Waals surface area contributed by atoms with Gasteiger partial charge in [-0.15, -0.1) is 0 Å². The molecule has 18 heavy (non-hydrogen) atoms. The quantitative estimate of drug-likeness (QED) is 0.806. The Morgan fingerprint density at radius 1 is 1.44 bits per heavy atom. The van der Waals surface area contributed by atoms with Crippen molar-refractivity contribution in [2.45, 2.75) is 32.2 Å². The molecule has 3 nitrogen and oxygen atoms in total. The van der Waals surface area contributed by atoms with E-state index in [2.05, 4.69) is 5.32 Å². The lowest BCUT2D eigenvalue weighted by Crippen LogP contribution is -2.55. The summed E-state index contributed by atoms with van der Waals surface area (Å²) in [6.07, 6.45) is 1.19. The van der Waals surface area contributed by atoms with E-state index in [1.807, 2.05) is 13.8 Å². The fourth-order valence-corrected chi connectivity index (χ4v) is 2.10. The Kier molecular flexibility index (Phi) is 4.78. The first-order chi connectivity index (χ1) is 8.45. The summed E-state index contributed by atoms with van der Waals surface area (Å²) < 4.78 is 13.1. The third-order valence-corrected chi connectivity index (χ3v) is 3.51. The van der Waals surface area contributed by atoms with Crippen molar-refractivity contribution < 1.29 is 9.18 Å². The van der Waals surface area contributed by atoms with Gasteiger partial charge in [-0.1, -0.05) is 32.1 Å². The minimum Gasteiger partial charge on any atom is -0.391 e. The molecule has 0 heterocycles. The average Bonchev–Trinajstić information content (AvgIpc) is 2.35. The van der Waals surface area contributed by atoms with Gasteiger partial charge in [0.25, 0.3) is 5.91 Å². The van der Waals surface area contributed by atoms with E-state index in [1.54, 1.807) is 6.07 Å². The molecule has 3 N–H and O–H groups in total. The lowest BCUT2D eigenvalue weighted by atomic mass is 9.92. The van der Waals surface area contributed by atoms with Gasteiger partial charge in [-0.3, -0.25) is 4.79 Å². The molecule has 0 saturated heterocycles. The van der Waals surface area contributed by atoms with Gasteiger partial charge in [-0.25, -0.2) is 4.39 Å². The first-order valence-electron chi connectivity index (χ1n) is 5.83. The molecule has 0 fully saturated rings. The summed E-state index contributed by atoms with van der Waals surface area (Å²) >= 11 is 5.01. The van der Waals surface area contributed by atoms with Crippen molar-refractivity contribution in [2.75, 3.05) is 0 Å². The highest BCUT2D eigenvalue weighted by atomic mass is 32.1. The number of benzene rings is 1. The van der Waals surface area contributed by atoms with Crippen molar-refractivity contribution in [1.82, 2.24) is 5.32 Å². The summed E-state index contributed by atoms with van der Waals surface area (Å²) in [7, 11) is 0. The molecule has 1 aromatic carbocycles. The maximum Gasteiger partial charge on any atom is 0.252 e. The van der Waals surface area contributed by atoms with Gasteiger partial charge in [0, 0.05) is 5.56 Å². The largest absolute Gasteiger partial charge is 0.391 e. The zero-order chi connectivity index (χ0) is 13.8. The topological polar surface area (TPSA) is 55.1 Å². The summed E-state index contributed by atoms with van der Waals surface area (Å²) in [6, 6.07) is 5.51. The Morgan fingerprint density at radius 2 is 2.06 bits per heavy atom. The Morgan fingerprint density at radius 3 is 2.50 bits per heavy atom. The van der Waals surface area contributed by atoms with Gasteiger partial charge in [0.05, 0.1) is 10.5 Å². The van der Waals surface area contributed by atoms with Gasteiger partial charge in [0.2, 0.25) is 0 Å². The van der Waals surface area contributed by atoms with Gasteiger partial charge in [0.1, 0.15) is 5.82 Å². The van der Waals surface area contributed by atoms with Crippen molar-refractivity contribution in [2.24, 2.45) is 5.73 Å². The molecular weight excluding hydrogens is 251 g/mol. The Hall–Kier alpha value is -1.49. The molecule has 0 aliphatic carbocycles. The van der Waals surface area contributed by atoms with Crippen molar-refractivity contribution in [1.29, 1.82) is 0 Å². The minimum atomic E-state index is -0.710. The molecule has 0 aliphatic heterocycles. The van der Waals surface area contributed by atoms with Crippen LogP contribution in [0.4, 0.5) is 4.39 Å². The number of nitrogens with one attached hydrogen (secondary N) is 1. The number of hydrogen-bond acceptors (Lipinski definition) is 2. The number of carbonyl (C=O) groups excluding carboxylic acids is 1. The number of thiocarbonyl (C=S) groups is 1. The van der Waals surface area contributed by atoms with E-state index in [0.717, 1.165) is 0 Å². The molecular formula is C13H17FN2OS. The first-order valence-corrected chi connectivity index (χ1v) is 6.24. The van der Waals surface area contributed by atoms with Crippen LogP contribution in [0.1, 0.15) is 37.0 Å². The van der Waals surface area contributed by atoms with E-state index in [9.17, 15) is 9.18 Å². The number of rotatable bonds is 5. The molecule has 0 atom stereocenters. The van der Waals surface area contributed by atoms with Crippen LogP contribution in [-0.4, -0.2) is 16.4 Å². The van der Waals surface area contributed by atoms with Crippen molar-refractivity contribution in [3.8, 4) is 0 Å². The molecule has 0 aliphatic rings. The van der Waals surface area contributed by atoms with E-state index >= 15 is 0 Å². The standard InChI is InChI=1S/C13H17FN2OS/c1-3-13(4-2,12(15)18)16-11(17)9-6-5-7-10(14)8-9/h5-8H,3-4H2,1-2H3,(H2,15,18)(H,16,17). The first kappa shape index (κ1) is 14.6. The van der Waals surface area contributed by atoms with E-state index in [4.69, 9.17) is 18.0 Å². The van der Waals surface area contributed by atoms with Crippen LogP contribution in [-0.2, 0) is 0 Å². The molecule has 0 spiro atoms. The Labute approximate surface area is 112 Å². The van der Waals surface area contributed by atoms with Crippen LogP contribution in [0.3, 0.4) is 0 Å². The fraction of sp³-hybridized carbons (Fsp3) is 0.385. The van der Waals surface area contributed by atoms with Gasteiger partial charge in [0.15, 0.2) is 0 Å². The lowest BCUT2D eigenvalue weighted by Gasteiger charge is -2.31. The second-order valence-electron chi connectivity index (χ2n) is 4.12. The van der Waals surface area contributed by atoms with Gasteiger partial charge >= 0.3 is 0 Å². The summed E-state index contributed by atoms with van der Waals surface area (Å²) in [5, 5.41) is 2.80. The number of halogens is 1. The van der Waals surface area contributed by atoms with Crippen LogP contribution >= 0.6 is 12.2 Å². The predicted molar refractivity (Wildman–Crippen MR) is 74.0 cm³/mol. The summed E-state index contributed by atoms with van der Waals surface area (Å²) in [5.74, 6) is -0.817. The van der Waals surface area contributed by atoms with E-state index in [1.165, 1.54) is 18.2 Å². The third-order valence-electron chi connectivity index (χ3n) is 3.12. The zero-order valence-corrected chi connectivity index (χ0v) is 11.3. The van der Waals surface area contributed by atoms with Crippen molar-refractivity contribution in [3.05, 3.63) is 35.6 Å². The number of nitrogens with two attached hydrogens (primary N) is 1. The number of carbonyl (C=O) groups is 1. The lowest BCUT2D eigenvalue weighted by molar-refractivity contribution is 0.0919. The SMILES string of the molecule is CCC(CC)(NC(=O)c1cccc(F)c1)C(N)=S. The molecule has 1 aromatic rings. The fourth-order valence-electron chi connectivity index (χ4n) is 1.76. The van der Waals surface area contributed by atoms with E-state index in [0.29, 0.717) is 12.8 Å². The predicted octanol–water partition coefficient (Wildman–Crippen LogP) is 2.40. The number of hydrogen-bond donors (Lipinski definition) is 2. The van der Waals surface area contributed by atoms with Crippen molar-refractivity contribution >= 4 is 23.1 Å². The van der Waals surface area contributed by atoms with Crippen LogP contribution in [0, 0.1) is 5.82 Å². The van der Waals surface area contributed by atoms with Crippen molar-refractivity contribution in [3.63, 3.8) is 0 Å². The van der Waals surface area contributed by atoms with Crippen LogP contribution in [0.15, 0.2) is 24.3 Å². The van der Waals surface area contributed by atoms with Crippen LogP contribution in [0.5, 0.6) is 0 Å². The summed E-state index contributed by atoms with van der Waals surface area (Å²) in [6.45, 7) is 3.79. The molecule has 0 unspecified atom stereocenters. The summed E-state index contributed by atoms with van der Waals surface area (Å²) in [4.78, 5) is 12.3. The molecule has 1 rings (SSSR count). The second-order valence-corrected chi connectivity index (χ2v) is 4.56. The van der Waals surface area contributed by atoms with Gasteiger partial charge in [-0.2, -0.15) is 0 Å². The Balaban J connectivity index is 2.95. The highest BCUT2D eigenvalue weighted by Crippen LogP contribution is 2.17. The molecule has 98 valence electrons. The van der Waals surface area contributed by atoms with Crippen LogP contribution < -0.4 is 11.1 Å². The second kappa shape index (κ2) is 5.91. The van der Waals surface area contributed by atoms with Crippen LogP contribution in [0.2, 0.25) is 0 Å². The monoisotopic (exact) mass is 268 g/mol. The highest BCUT2D eigenvalue weighted by Gasteiger charge is 2.31. The average molecular weight is 268 g/mol. The molecule has 0 radical (unpaired) electrons. The number of amides is 1. The normalized spacial score (nSPS) is 11.1. The smallest absolute Gasteiger partial charge is 0.252 e. The maximum atomic E-state index is 13.1. The molecule has 5 heteroatoms. The molecule has 0 bridgehead atoms. The summed E-state index contributed by atoms with van der Waals surface area (Å²) in [5.41, 5.74) is 5.24. The van der Waals surface area contributed by atoms with Gasteiger partial charge < -0.3 is 11.1 Å². The molecule has 0 saturated carbocycles. The third kappa shape index (κ3) is 3.04. The zero-order valence-electron chi connectivity index (χ0n) is 10.5.